The van der Waals surface area contributed by atoms with Crippen LogP contribution in [0.15, 0.2) is 77.4 Å². The maximum Gasteiger partial charge on any atom is 0.255 e. The van der Waals surface area contributed by atoms with Crippen LogP contribution in [0.2, 0.25) is 0 Å². The highest BCUT2D eigenvalue weighted by Crippen LogP contribution is 2.17. The number of anilines is 2. The SMILES string of the molecule is Cc1ccccc1C(=O)Nc1cccc(NC(=O)/C=C/c2ccco2)c1. The van der Waals surface area contributed by atoms with Gasteiger partial charge in [-0.1, -0.05) is 24.3 Å². The number of carbonyl (C=O) groups is 2. The highest BCUT2D eigenvalue weighted by molar-refractivity contribution is 6.06. The molecule has 2 N–H and O–H groups in total. The van der Waals surface area contributed by atoms with E-state index in [9.17, 15) is 9.59 Å². The van der Waals surface area contributed by atoms with Crippen molar-refractivity contribution >= 4 is 29.3 Å². The van der Waals surface area contributed by atoms with Gasteiger partial charge in [0.15, 0.2) is 0 Å². The maximum atomic E-state index is 12.4. The van der Waals surface area contributed by atoms with E-state index in [0.717, 1.165) is 5.56 Å². The Labute approximate surface area is 151 Å². The van der Waals surface area contributed by atoms with Crippen molar-refractivity contribution in [2.75, 3.05) is 10.6 Å². The summed E-state index contributed by atoms with van der Waals surface area (Å²) in [5.41, 5.74) is 2.70. The number of furan rings is 1. The van der Waals surface area contributed by atoms with E-state index in [0.29, 0.717) is 22.7 Å². The number of hydrogen-bond donors (Lipinski definition) is 2. The molecule has 2 aromatic carbocycles. The van der Waals surface area contributed by atoms with Crippen LogP contribution >= 0.6 is 0 Å². The van der Waals surface area contributed by atoms with Crippen molar-refractivity contribution in [1.82, 2.24) is 0 Å². The first-order valence-corrected chi connectivity index (χ1v) is 8.11. The minimum absolute atomic E-state index is 0.190. The van der Waals surface area contributed by atoms with Crippen LogP contribution in [-0.4, -0.2) is 11.8 Å². The molecule has 1 aromatic heterocycles. The van der Waals surface area contributed by atoms with E-state index in [1.807, 2.05) is 25.1 Å². The van der Waals surface area contributed by atoms with Crippen LogP contribution in [0.1, 0.15) is 21.7 Å². The number of rotatable bonds is 5. The van der Waals surface area contributed by atoms with Crippen LogP contribution < -0.4 is 10.6 Å². The molecule has 1 heterocycles. The molecule has 0 saturated heterocycles. The lowest BCUT2D eigenvalue weighted by molar-refractivity contribution is -0.111. The standard InChI is InChI=1S/C21H18N2O3/c1-15-6-2-3-10-19(15)21(25)23-17-8-4-7-16(14-17)22-20(24)12-11-18-9-5-13-26-18/h2-14H,1H3,(H,22,24)(H,23,25)/b12-11+. The van der Waals surface area contributed by atoms with Gasteiger partial charge in [0, 0.05) is 23.0 Å². The first-order chi connectivity index (χ1) is 12.6. The molecule has 2 amide bonds. The second-order valence-electron chi connectivity index (χ2n) is 5.69. The average molecular weight is 346 g/mol. The molecule has 5 nitrogen and oxygen atoms in total. The van der Waals surface area contributed by atoms with Crippen LogP contribution in [-0.2, 0) is 4.79 Å². The Hall–Kier alpha value is -3.60. The van der Waals surface area contributed by atoms with Crippen LogP contribution in [0.25, 0.3) is 6.08 Å². The third-order valence-electron chi connectivity index (χ3n) is 3.72. The Morgan fingerprint density at radius 2 is 1.69 bits per heavy atom. The lowest BCUT2D eigenvalue weighted by Gasteiger charge is -2.09. The molecule has 130 valence electrons. The van der Waals surface area contributed by atoms with Crippen LogP contribution in [0.4, 0.5) is 11.4 Å². The summed E-state index contributed by atoms with van der Waals surface area (Å²) in [7, 11) is 0. The zero-order valence-corrected chi connectivity index (χ0v) is 14.2. The molecule has 0 spiro atoms. The quantitative estimate of drug-likeness (QED) is 0.669. The molecule has 3 aromatic rings. The smallest absolute Gasteiger partial charge is 0.255 e. The number of carbonyl (C=O) groups excluding carboxylic acids is 2. The average Bonchev–Trinajstić information content (AvgIpc) is 3.14. The molecule has 0 unspecified atom stereocenters. The van der Waals surface area contributed by atoms with E-state index in [4.69, 9.17) is 4.42 Å². The van der Waals surface area contributed by atoms with Gasteiger partial charge in [0.2, 0.25) is 5.91 Å². The second kappa shape index (κ2) is 7.98. The van der Waals surface area contributed by atoms with Gasteiger partial charge in [-0.25, -0.2) is 0 Å². The van der Waals surface area contributed by atoms with Crippen molar-refractivity contribution in [2.24, 2.45) is 0 Å². The Morgan fingerprint density at radius 1 is 0.923 bits per heavy atom. The summed E-state index contributed by atoms with van der Waals surface area (Å²) in [6, 6.07) is 17.9. The molecule has 0 aliphatic rings. The van der Waals surface area contributed by atoms with Crippen LogP contribution in [0.3, 0.4) is 0 Å². The van der Waals surface area contributed by atoms with E-state index < -0.39 is 0 Å². The highest BCUT2D eigenvalue weighted by atomic mass is 16.3. The van der Waals surface area contributed by atoms with Crippen molar-refractivity contribution in [3.8, 4) is 0 Å². The minimum Gasteiger partial charge on any atom is -0.465 e. The molecule has 0 bridgehead atoms. The summed E-state index contributed by atoms with van der Waals surface area (Å²) in [5, 5.41) is 5.59. The third kappa shape index (κ3) is 4.48. The van der Waals surface area contributed by atoms with Gasteiger partial charge in [-0.3, -0.25) is 9.59 Å². The summed E-state index contributed by atoms with van der Waals surface area (Å²) in [6.07, 6.45) is 4.51. The van der Waals surface area contributed by atoms with E-state index >= 15 is 0 Å². The summed E-state index contributed by atoms with van der Waals surface area (Å²) in [4.78, 5) is 24.4. The topological polar surface area (TPSA) is 71.3 Å². The fourth-order valence-corrected chi connectivity index (χ4v) is 2.43. The number of hydrogen-bond acceptors (Lipinski definition) is 3. The molecule has 0 aliphatic heterocycles. The largest absolute Gasteiger partial charge is 0.465 e. The molecule has 0 fully saturated rings. The molecule has 0 atom stereocenters. The van der Waals surface area contributed by atoms with Gasteiger partial charge in [0.05, 0.1) is 6.26 Å². The zero-order chi connectivity index (χ0) is 18.4. The lowest BCUT2D eigenvalue weighted by atomic mass is 10.1. The Kier molecular flexibility index (Phi) is 5.29. The lowest BCUT2D eigenvalue weighted by Crippen LogP contribution is -2.14. The molecule has 0 aliphatic carbocycles. The summed E-state index contributed by atoms with van der Waals surface area (Å²) in [6.45, 7) is 1.89. The van der Waals surface area contributed by atoms with E-state index in [1.165, 1.54) is 12.3 Å². The minimum atomic E-state index is -0.288. The molecule has 5 heteroatoms. The fourth-order valence-electron chi connectivity index (χ4n) is 2.43. The Morgan fingerprint density at radius 3 is 2.42 bits per heavy atom. The monoisotopic (exact) mass is 346 g/mol. The van der Waals surface area contributed by atoms with Gasteiger partial charge in [-0.05, 0) is 55.0 Å². The van der Waals surface area contributed by atoms with Crippen molar-refractivity contribution in [2.45, 2.75) is 6.92 Å². The zero-order valence-electron chi connectivity index (χ0n) is 14.2. The van der Waals surface area contributed by atoms with Gasteiger partial charge in [-0.2, -0.15) is 0 Å². The van der Waals surface area contributed by atoms with E-state index in [-0.39, 0.29) is 11.8 Å². The van der Waals surface area contributed by atoms with E-state index in [1.54, 1.807) is 48.5 Å². The van der Waals surface area contributed by atoms with Gasteiger partial charge in [-0.15, -0.1) is 0 Å². The van der Waals surface area contributed by atoms with E-state index in [2.05, 4.69) is 10.6 Å². The van der Waals surface area contributed by atoms with Crippen molar-refractivity contribution in [3.63, 3.8) is 0 Å². The molecular weight excluding hydrogens is 328 g/mol. The van der Waals surface area contributed by atoms with Gasteiger partial charge >= 0.3 is 0 Å². The van der Waals surface area contributed by atoms with Crippen LogP contribution in [0, 0.1) is 6.92 Å². The van der Waals surface area contributed by atoms with Crippen molar-refractivity contribution in [1.29, 1.82) is 0 Å². The Bertz CT molecular complexity index is 943. The normalized spacial score (nSPS) is 10.7. The van der Waals surface area contributed by atoms with Crippen molar-refractivity contribution in [3.05, 3.63) is 89.9 Å². The van der Waals surface area contributed by atoms with Gasteiger partial charge < -0.3 is 15.1 Å². The molecular formula is C21H18N2O3. The van der Waals surface area contributed by atoms with Crippen LogP contribution in [0.5, 0.6) is 0 Å². The number of aryl methyl sites for hydroxylation is 1. The maximum absolute atomic E-state index is 12.4. The third-order valence-corrected chi connectivity index (χ3v) is 3.72. The summed E-state index contributed by atoms with van der Waals surface area (Å²) < 4.78 is 5.13. The number of benzene rings is 2. The molecule has 3 rings (SSSR count). The Balaban J connectivity index is 1.65. The molecule has 0 saturated carbocycles. The highest BCUT2D eigenvalue weighted by Gasteiger charge is 2.09. The first kappa shape index (κ1) is 17.2. The first-order valence-electron chi connectivity index (χ1n) is 8.11. The van der Waals surface area contributed by atoms with Crippen molar-refractivity contribution < 1.29 is 14.0 Å². The fraction of sp³-hybridized carbons (Fsp3) is 0.0476. The second-order valence-corrected chi connectivity index (χ2v) is 5.69. The molecule has 26 heavy (non-hydrogen) atoms. The summed E-state index contributed by atoms with van der Waals surface area (Å²) >= 11 is 0. The number of amides is 2. The summed E-state index contributed by atoms with van der Waals surface area (Å²) in [5.74, 6) is 0.118. The predicted octanol–water partition coefficient (Wildman–Crippen LogP) is 4.49. The van der Waals surface area contributed by atoms with Gasteiger partial charge in [0.25, 0.3) is 5.91 Å². The van der Waals surface area contributed by atoms with Gasteiger partial charge in [0.1, 0.15) is 5.76 Å². The molecule has 0 radical (unpaired) electrons. The predicted molar refractivity (Wildman–Crippen MR) is 102 cm³/mol. The number of nitrogens with one attached hydrogen (secondary N) is 2.